The normalized spacial score (nSPS) is 15.9. The third-order valence-electron chi connectivity index (χ3n) is 5.82. The number of aliphatic imine (C=N–C) groups is 1. The van der Waals surface area contributed by atoms with E-state index in [1.807, 2.05) is 0 Å². The van der Waals surface area contributed by atoms with Crippen molar-refractivity contribution in [1.29, 1.82) is 0 Å². The number of ether oxygens (including phenoxy) is 1. The molecule has 0 saturated carbocycles. The Balaban J connectivity index is 1.58. The van der Waals surface area contributed by atoms with Gasteiger partial charge in [0, 0.05) is 57.0 Å². The van der Waals surface area contributed by atoms with Gasteiger partial charge in [-0.05, 0) is 56.1 Å². The van der Waals surface area contributed by atoms with Crippen molar-refractivity contribution in [3.05, 3.63) is 35.5 Å². The van der Waals surface area contributed by atoms with Crippen molar-refractivity contribution in [1.82, 2.24) is 15.2 Å². The highest BCUT2D eigenvalue weighted by molar-refractivity contribution is 5.86. The van der Waals surface area contributed by atoms with Gasteiger partial charge in [-0.1, -0.05) is 25.1 Å². The highest BCUT2D eigenvalue weighted by Crippen LogP contribution is 2.22. The summed E-state index contributed by atoms with van der Waals surface area (Å²) < 4.78 is 5.47. The number of aromatic amines is 1. The van der Waals surface area contributed by atoms with Crippen LogP contribution in [0.15, 0.2) is 29.4 Å². The molecule has 1 aromatic carbocycles. The fraction of sp³-hybridized carbons (Fsp3) is 0.609. The summed E-state index contributed by atoms with van der Waals surface area (Å²) in [4.78, 5) is 10.6. The van der Waals surface area contributed by atoms with Crippen LogP contribution < -0.4 is 5.32 Å². The second-order valence-corrected chi connectivity index (χ2v) is 7.76. The first-order chi connectivity index (χ1) is 13.7. The first kappa shape index (κ1) is 20.7. The number of aryl methyl sites for hydroxylation is 1. The van der Waals surface area contributed by atoms with Crippen LogP contribution in [0.1, 0.15) is 44.2 Å². The number of rotatable bonds is 8. The molecule has 28 heavy (non-hydrogen) atoms. The van der Waals surface area contributed by atoms with E-state index < -0.39 is 0 Å². The van der Waals surface area contributed by atoms with E-state index in [1.54, 1.807) is 0 Å². The fourth-order valence-electron chi connectivity index (χ4n) is 4.05. The summed E-state index contributed by atoms with van der Waals surface area (Å²) in [6.07, 6.45) is 7.77. The SMILES string of the molecule is CCNC(=NCCc1c[nH]c2c(CC)cccc12)N(C)CCC1CCOCC1. The molecule has 2 heterocycles. The molecule has 0 bridgehead atoms. The Morgan fingerprint density at radius 1 is 1.25 bits per heavy atom. The van der Waals surface area contributed by atoms with Crippen LogP contribution in [-0.2, 0) is 17.6 Å². The molecule has 1 aliphatic rings. The minimum atomic E-state index is 0.790. The fourth-order valence-corrected chi connectivity index (χ4v) is 4.05. The molecule has 0 unspecified atom stereocenters. The van der Waals surface area contributed by atoms with Gasteiger partial charge in [0.25, 0.3) is 0 Å². The summed E-state index contributed by atoms with van der Waals surface area (Å²) in [5.41, 5.74) is 4.02. The summed E-state index contributed by atoms with van der Waals surface area (Å²) >= 11 is 0. The van der Waals surface area contributed by atoms with Gasteiger partial charge in [0.1, 0.15) is 0 Å². The topological polar surface area (TPSA) is 52.7 Å². The molecule has 0 atom stereocenters. The Morgan fingerprint density at radius 2 is 2.07 bits per heavy atom. The van der Waals surface area contributed by atoms with E-state index in [0.29, 0.717) is 0 Å². The van der Waals surface area contributed by atoms with Crippen molar-refractivity contribution in [2.75, 3.05) is 39.9 Å². The summed E-state index contributed by atoms with van der Waals surface area (Å²) in [6.45, 7) is 8.93. The van der Waals surface area contributed by atoms with E-state index in [0.717, 1.165) is 57.6 Å². The second kappa shape index (κ2) is 10.5. The number of guanidine groups is 1. The van der Waals surface area contributed by atoms with Gasteiger partial charge in [0.15, 0.2) is 5.96 Å². The molecule has 2 aromatic rings. The smallest absolute Gasteiger partial charge is 0.193 e. The van der Waals surface area contributed by atoms with Gasteiger partial charge in [-0.3, -0.25) is 4.99 Å². The van der Waals surface area contributed by atoms with E-state index >= 15 is 0 Å². The molecule has 5 nitrogen and oxygen atoms in total. The minimum Gasteiger partial charge on any atom is -0.381 e. The molecule has 1 aromatic heterocycles. The number of nitrogens with zero attached hydrogens (tertiary/aromatic N) is 2. The van der Waals surface area contributed by atoms with E-state index in [4.69, 9.17) is 9.73 Å². The summed E-state index contributed by atoms with van der Waals surface area (Å²) in [7, 11) is 2.15. The predicted molar refractivity (Wildman–Crippen MR) is 118 cm³/mol. The highest BCUT2D eigenvalue weighted by atomic mass is 16.5. The molecule has 5 heteroatoms. The standard InChI is InChI=1S/C23H36N4O/c1-4-19-7-6-8-21-20(17-26-22(19)21)9-13-25-23(24-5-2)27(3)14-10-18-11-15-28-16-12-18/h6-8,17-18,26H,4-5,9-16H2,1-3H3,(H,24,25). The number of aromatic nitrogens is 1. The molecular formula is C23H36N4O. The molecular weight excluding hydrogens is 348 g/mol. The lowest BCUT2D eigenvalue weighted by atomic mass is 9.96. The van der Waals surface area contributed by atoms with Crippen molar-refractivity contribution in [2.24, 2.45) is 10.9 Å². The second-order valence-electron chi connectivity index (χ2n) is 7.76. The van der Waals surface area contributed by atoms with Crippen LogP contribution in [0.3, 0.4) is 0 Å². The molecule has 1 saturated heterocycles. The monoisotopic (exact) mass is 384 g/mol. The number of nitrogens with one attached hydrogen (secondary N) is 2. The third kappa shape index (κ3) is 5.28. The van der Waals surface area contributed by atoms with Gasteiger partial charge in [0.05, 0.1) is 0 Å². The zero-order chi connectivity index (χ0) is 19.8. The number of hydrogen-bond donors (Lipinski definition) is 2. The van der Waals surface area contributed by atoms with Gasteiger partial charge in [0.2, 0.25) is 0 Å². The maximum absolute atomic E-state index is 5.47. The van der Waals surface area contributed by atoms with Gasteiger partial charge < -0.3 is 19.9 Å². The van der Waals surface area contributed by atoms with Gasteiger partial charge in [-0.2, -0.15) is 0 Å². The number of para-hydroxylation sites is 1. The van der Waals surface area contributed by atoms with Gasteiger partial charge >= 0.3 is 0 Å². The molecule has 1 fully saturated rings. The average Bonchev–Trinajstić information content (AvgIpc) is 3.15. The average molecular weight is 385 g/mol. The molecule has 0 aliphatic carbocycles. The van der Waals surface area contributed by atoms with Gasteiger partial charge in [-0.25, -0.2) is 0 Å². The van der Waals surface area contributed by atoms with Crippen molar-refractivity contribution in [3.8, 4) is 0 Å². The zero-order valence-corrected chi connectivity index (χ0v) is 17.8. The van der Waals surface area contributed by atoms with E-state index in [9.17, 15) is 0 Å². The lowest BCUT2D eigenvalue weighted by molar-refractivity contribution is 0.0625. The van der Waals surface area contributed by atoms with Crippen LogP contribution >= 0.6 is 0 Å². The number of fused-ring (bicyclic) bond motifs is 1. The Hall–Kier alpha value is -2.01. The number of hydrogen-bond acceptors (Lipinski definition) is 2. The van der Waals surface area contributed by atoms with Crippen LogP contribution in [0.25, 0.3) is 10.9 Å². The maximum Gasteiger partial charge on any atom is 0.193 e. The summed E-state index contributed by atoms with van der Waals surface area (Å²) in [5, 5.41) is 4.79. The Kier molecular flexibility index (Phi) is 7.78. The third-order valence-corrected chi connectivity index (χ3v) is 5.82. The van der Waals surface area contributed by atoms with Crippen LogP contribution in [0.5, 0.6) is 0 Å². The first-order valence-electron chi connectivity index (χ1n) is 10.9. The van der Waals surface area contributed by atoms with Crippen molar-refractivity contribution in [2.45, 2.75) is 46.0 Å². The first-order valence-corrected chi connectivity index (χ1v) is 10.9. The van der Waals surface area contributed by atoms with E-state index in [1.165, 1.54) is 41.3 Å². The zero-order valence-electron chi connectivity index (χ0n) is 17.8. The van der Waals surface area contributed by atoms with Crippen LogP contribution in [0.2, 0.25) is 0 Å². The molecule has 0 spiro atoms. The lowest BCUT2D eigenvalue weighted by Gasteiger charge is -2.26. The number of benzene rings is 1. The maximum atomic E-state index is 5.47. The van der Waals surface area contributed by atoms with E-state index in [2.05, 4.69) is 60.5 Å². The highest BCUT2D eigenvalue weighted by Gasteiger charge is 2.15. The van der Waals surface area contributed by atoms with Gasteiger partial charge in [-0.15, -0.1) is 0 Å². The molecule has 0 radical (unpaired) electrons. The van der Waals surface area contributed by atoms with Crippen LogP contribution in [0, 0.1) is 5.92 Å². The van der Waals surface area contributed by atoms with Crippen molar-refractivity contribution < 1.29 is 4.74 Å². The molecule has 1 aliphatic heterocycles. The lowest BCUT2D eigenvalue weighted by Crippen LogP contribution is -2.40. The summed E-state index contributed by atoms with van der Waals surface area (Å²) in [6, 6.07) is 6.59. The quantitative estimate of drug-likeness (QED) is 0.534. The Morgan fingerprint density at radius 3 is 2.82 bits per heavy atom. The number of H-pyrrole nitrogens is 1. The molecule has 0 amide bonds. The summed E-state index contributed by atoms with van der Waals surface area (Å²) in [5.74, 6) is 1.81. The molecule has 154 valence electrons. The van der Waals surface area contributed by atoms with Crippen molar-refractivity contribution in [3.63, 3.8) is 0 Å². The molecule has 3 rings (SSSR count). The molecule has 2 N–H and O–H groups in total. The van der Waals surface area contributed by atoms with Crippen LogP contribution in [-0.4, -0.2) is 55.7 Å². The Bertz CT molecular complexity index is 761. The minimum absolute atomic E-state index is 0.790. The largest absolute Gasteiger partial charge is 0.381 e. The van der Waals surface area contributed by atoms with Crippen LogP contribution in [0.4, 0.5) is 0 Å². The van der Waals surface area contributed by atoms with E-state index in [-0.39, 0.29) is 0 Å². The predicted octanol–water partition coefficient (Wildman–Crippen LogP) is 3.99. The van der Waals surface area contributed by atoms with Crippen molar-refractivity contribution >= 4 is 16.9 Å². The Labute approximate surface area is 169 Å².